The average Bonchev–Trinajstić information content (AvgIpc) is 3.15. The topological polar surface area (TPSA) is 73.0 Å². The first-order valence-electron chi connectivity index (χ1n) is 6.64. The molecular weight excluding hydrogens is 348 g/mol. The fourth-order valence-corrected chi connectivity index (χ4v) is 2.30. The number of halogens is 1. The molecule has 0 aliphatic carbocycles. The highest BCUT2D eigenvalue weighted by molar-refractivity contribution is 9.10. The number of carbonyl (C=O) groups excluding carboxylic acids is 1. The minimum atomic E-state index is -0.280. The molecule has 1 aromatic carbocycles. The fourth-order valence-electron chi connectivity index (χ4n) is 2.03. The molecule has 1 amide bonds. The van der Waals surface area contributed by atoms with E-state index in [1.165, 1.54) is 0 Å². The summed E-state index contributed by atoms with van der Waals surface area (Å²) in [5, 5.41) is 10.8. The van der Waals surface area contributed by atoms with E-state index in [9.17, 15) is 4.79 Å². The van der Waals surface area contributed by atoms with Crippen LogP contribution in [0.3, 0.4) is 0 Å². The first kappa shape index (κ1) is 14.5. The Kier molecular flexibility index (Phi) is 4.06. The van der Waals surface area contributed by atoms with Gasteiger partial charge in [-0.3, -0.25) is 4.79 Å². The van der Waals surface area contributed by atoms with Crippen molar-refractivity contribution in [3.05, 3.63) is 64.3 Å². The Hall–Kier alpha value is -2.41. The Balaban J connectivity index is 1.77. The molecule has 0 radical (unpaired) electrons. The Morgan fingerprint density at radius 2 is 2.09 bits per heavy atom. The fraction of sp³-hybridized carbons (Fsp3) is 0.133. The van der Waals surface area contributed by atoms with Gasteiger partial charge in [0, 0.05) is 4.47 Å². The lowest BCUT2D eigenvalue weighted by atomic mass is 10.3. The summed E-state index contributed by atoms with van der Waals surface area (Å²) in [4.78, 5) is 12.2. The summed E-state index contributed by atoms with van der Waals surface area (Å²) in [6.07, 6.45) is 1.57. The summed E-state index contributed by atoms with van der Waals surface area (Å²) in [6, 6.07) is 11.2. The van der Waals surface area contributed by atoms with E-state index in [2.05, 4.69) is 31.6 Å². The molecule has 0 saturated carbocycles. The van der Waals surface area contributed by atoms with Crippen LogP contribution < -0.4 is 5.32 Å². The summed E-state index contributed by atoms with van der Waals surface area (Å²) in [6.45, 7) is 2.13. The molecule has 2 aromatic heterocycles. The van der Waals surface area contributed by atoms with Crippen molar-refractivity contribution in [3.8, 4) is 5.69 Å². The largest absolute Gasteiger partial charge is 0.467 e. The number of benzene rings is 1. The van der Waals surface area contributed by atoms with Gasteiger partial charge in [-0.25, -0.2) is 4.68 Å². The van der Waals surface area contributed by atoms with Crippen molar-refractivity contribution < 1.29 is 9.21 Å². The van der Waals surface area contributed by atoms with Crippen LogP contribution in [-0.2, 0) is 6.54 Å². The van der Waals surface area contributed by atoms with E-state index in [4.69, 9.17) is 4.42 Å². The van der Waals surface area contributed by atoms with E-state index >= 15 is 0 Å². The van der Waals surface area contributed by atoms with Crippen molar-refractivity contribution in [1.82, 2.24) is 20.3 Å². The monoisotopic (exact) mass is 360 g/mol. The van der Waals surface area contributed by atoms with E-state index < -0.39 is 0 Å². The van der Waals surface area contributed by atoms with Crippen LogP contribution in [0.1, 0.15) is 21.9 Å². The first-order valence-corrected chi connectivity index (χ1v) is 7.43. The number of rotatable bonds is 4. The zero-order chi connectivity index (χ0) is 15.5. The minimum Gasteiger partial charge on any atom is -0.467 e. The van der Waals surface area contributed by atoms with Crippen molar-refractivity contribution >= 4 is 21.8 Å². The van der Waals surface area contributed by atoms with Gasteiger partial charge in [-0.15, -0.1) is 5.10 Å². The molecule has 0 spiro atoms. The third kappa shape index (κ3) is 2.94. The lowest BCUT2D eigenvalue weighted by Gasteiger charge is -2.04. The molecule has 0 fully saturated rings. The van der Waals surface area contributed by atoms with Crippen molar-refractivity contribution in [2.24, 2.45) is 0 Å². The van der Waals surface area contributed by atoms with E-state index in [1.54, 1.807) is 23.1 Å². The molecule has 112 valence electrons. The summed E-state index contributed by atoms with van der Waals surface area (Å²) >= 11 is 3.39. The number of carbonyl (C=O) groups is 1. The van der Waals surface area contributed by atoms with Gasteiger partial charge >= 0.3 is 0 Å². The highest BCUT2D eigenvalue weighted by Crippen LogP contribution is 2.16. The number of hydrogen-bond acceptors (Lipinski definition) is 4. The predicted molar refractivity (Wildman–Crippen MR) is 83.7 cm³/mol. The zero-order valence-corrected chi connectivity index (χ0v) is 13.4. The molecule has 2 heterocycles. The second-order valence-electron chi connectivity index (χ2n) is 4.67. The lowest BCUT2D eigenvalue weighted by molar-refractivity contribution is 0.0942. The van der Waals surface area contributed by atoms with Gasteiger partial charge in [0.25, 0.3) is 5.91 Å². The third-order valence-corrected chi connectivity index (χ3v) is 3.71. The van der Waals surface area contributed by atoms with Crippen LogP contribution in [0.15, 0.2) is 51.6 Å². The molecule has 0 aliphatic heterocycles. The van der Waals surface area contributed by atoms with Crippen molar-refractivity contribution in [2.45, 2.75) is 13.5 Å². The van der Waals surface area contributed by atoms with E-state index in [-0.39, 0.29) is 5.91 Å². The van der Waals surface area contributed by atoms with E-state index in [0.717, 1.165) is 10.2 Å². The van der Waals surface area contributed by atoms with Crippen LogP contribution in [0.2, 0.25) is 0 Å². The number of nitrogens with zero attached hydrogens (tertiary/aromatic N) is 3. The summed E-state index contributed by atoms with van der Waals surface area (Å²) < 4.78 is 7.79. The number of amides is 1. The summed E-state index contributed by atoms with van der Waals surface area (Å²) in [5.41, 5.74) is 1.83. The standard InChI is InChI=1S/C15H13BrN4O2/c1-10-14(15(21)17-9-13-3-2-8-22-13)18-19-20(10)12-6-4-11(16)5-7-12/h2-8H,9H2,1H3,(H,17,21). The van der Waals surface area contributed by atoms with Crippen LogP contribution >= 0.6 is 15.9 Å². The number of hydrogen-bond donors (Lipinski definition) is 1. The van der Waals surface area contributed by atoms with Crippen LogP contribution in [0, 0.1) is 6.92 Å². The summed E-state index contributed by atoms with van der Waals surface area (Å²) in [5.74, 6) is 0.406. The van der Waals surface area contributed by atoms with Gasteiger partial charge in [-0.2, -0.15) is 0 Å². The van der Waals surface area contributed by atoms with Crippen molar-refractivity contribution in [2.75, 3.05) is 0 Å². The van der Waals surface area contributed by atoms with Crippen LogP contribution in [0.25, 0.3) is 5.69 Å². The maximum absolute atomic E-state index is 12.2. The van der Waals surface area contributed by atoms with Gasteiger partial charge in [0.1, 0.15) is 5.76 Å². The quantitative estimate of drug-likeness (QED) is 0.776. The van der Waals surface area contributed by atoms with Gasteiger partial charge in [0.2, 0.25) is 0 Å². The Morgan fingerprint density at radius 3 is 2.77 bits per heavy atom. The molecule has 0 saturated heterocycles. The molecule has 3 rings (SSSR count). The SMILES string of the molecule is Cc1c(C(=O)NCc2ccco2)nnn1-c1ccc(Br)cc1. The summed E-state index contributed by atoms with van der Waals surface area (Å²) in [7, 11) is 0. The lowest BCUT2D eigenvalue weighted by Crippen LogP contribution is -2.23. The predicted octanol–water partition coefficient (Wildman–Crippen LogP) is 2.86. The van der Waals surface area contributed by atoms with Gasteiger partial charge in [0.15, 0.2) is 5.69 Å². The van der Waals surface area contributed by atoms with Crippen LogP contribution in [-0.4, -0.2) is 20.9 Å². The first-order chi connectivity index (χ1) is 10.6. The number of furan rings is 1. The molecule has 7 heteroatoms. The Bertz CT molecular complexity index is 778. The maximum atomic E-state index is 12.2. The second-order valence-corrected chi connectivity index (χ2v) is 5.59. The molecule has 0 unspecified atom stereocenters. The molecule has 6 nitrogen and oxygen atoms in total. The molecule has 0 atom stereocenters. The van der Waals surface area contributed by atoms with Crippen LogP contribution in [0.4, 0.5) is 0 Å². The van der Waals surface area contributed by atoms with Gasteiger partial charge in [-0.1, -0.05) is 21.1 Å². The molecule has 0 bridgehead atoms. The second kappa shape index (κ2) is 6.15. The van der Waals surface area contributed by atoms with Gasteiger partial charge in [0.05, 0.1) is 24.2 Å². The maximum Gasteiger partial charge on any atom is 0.274 e. The number of aromatic nitrogens is 3. The number of nitrogens with one attached hydrogen (secondary N) is 1. The van der Waals surface area contributed by atoms with E-state index in [0.29, 0.717) is 23.7 Å². The average molecular weight is 361 g/mol. The normalized spacial score (nSPS) is 10.6. The molecule has 1 N–H and O–H groups in total. The van der Waals surface area contributed by atoms with Gasteiger partial charge < -0.3 is 9.73 Å². The molecule has 3 aromatic rings. The van der Waals surface area contributed by atoms with Crippen LogP contribution in [0.5, 0.6) is 0 Å². The highest BCUT2D eigenvalue weighted by atomic mass is 79.9. The van der Waals surface area contributed by atoms with Gasteiger partial charge in [-0.05, 0) is 43.3 Å². The Morgan fingerprint density at radius 1 is 1.32 bits per heavy atom. The highest BCUT2D eigenvalue weighted by Gasteiger charge is 2.17. The molecule has 22 heavy (non-hydrogen) atoms. The van der Waals surface area contributed by atoms with Crippen molar-refractivity contribution in [1.29, 1.82) is 0 Å². The Labute approximate surface area is 135 Å². The molecular formula is C15H13BrN4O2. The molecule has 0 aliphatic rings. The third-order valence-electron chi connectivity index (χ3n) is 3.18. The minimum absolute atomic E-state index is 0.280. The smallest absolute Gasteiger partial charge is 0.274 e. The van der Waals surface area contributed by atoms with Crippen molar-refractivity contribution in [3.63, 3.8) is 0 Å². The zero-order valence-electron chi connectivity index (χ0n) is 11.8. The van der Waals surface area contributed by atoms with E-state index in [1.807, 2.05) is 31.2 Å².